The van der Waals surface area contributed by atoms with Crippen LogP contribution in [0.25, 0.3) is 0 Å². The number of benzene rings is 1. The van der Waals surface area contributed by atoms with Crippen molar-refractivity contribution in [3.63, 3.8) is 0 Å². The standard InChI is InChI=1S/C12H16BrFO/c1-8(2)3-6-12(15)10-5-4-9(14)7-11(10)13/h4-5,7-8,12,15H,3,6H2,1-2H3. The van der Waals surface area contributed by atoms with E-state index in [9.17, 15) is 9.50 Å². The molecule has 0 saturated carbocycles. The summed E-state index contributed by atoms with van der Waals surface area (Å²) in [6.45, 7) is 4.23. The normalized spacial score (nSPS) is 13.2. The third-order valence-corrected chi connectivity index (χ3v) is 3.03. The summed E-state index contributed by atoms with van der Waals surface area (Å²) in [4.78, 5) is 0. The Bertz CT molecular complexity index is 325. The van der Waals surface area contributed by atoms with E-state index in [1.807, 2.05) is 0 Å². The monoisotopic (exact) mass is 274 g/mol. The first-order valence-electron chi connectivity index (χ1n) is 5.13. The Balaban J connectivity index is 2.69. The lowest BCUT2D eigenvalue weighted by Crippen LogP contribution is -2.01. The van der Waals surface area contributed by atoms with E-state index in [-0.39, 0.29) is 5.82 Å². The van der Waals surface area contributed by atoms with Crippen LogP contribution in [0.1, 0.15) is 38.4 Å². The average molecular weight is 275 g/mol. The maximum Gasteiger partial charge on any atom is 0.124 e. The van der Waals surface area contributed by atoms with Crippen molar-refractivity contribution in [1.82, 2.24) is 0 Å². The van der Waals surface area contributed by atoms with Crippen molar-refractivity contribution in [2.75, 3.05) is 0 Å². The summed E-state index contributed by atoms with van der Waals surface area (Å²) in [6, 6.07) is 4.39. The zero-order chi connectivity index (χ0) is 11.4. The molecule has 1 nitrogen and oxygen atoms in total. The van der Waals surface area contributed by atoms with Crippen LogP contribution in [0.3, 0.4) is 0 Å². The minimum atomic E-state index is -0.512. The van der Waals surface area contributed by atoms with Gasteiger partial charge in [0.25, 0.3) is 0 Å². The topological polar surface area (TPSA) is 20.2 Å². The molecule has 1 atom stereocenters. The van der Waals surface area contributed by atoms with Crippen molar-refractivity contribution in [1.29, 1.82) is 0 Å². The van der Waals surface area contributed by atoms with Gasteiger partial charge in [0, 0.05) is 4.47 Å². The second-order valence-electron chi connectivity index (χ2n) is 4.15. The van der Waals surface area contributed by atoms with Gasteiger partial charge in [-0.05, 0) is 36.5 Å². The van der Waals surface area contributed by atoms with Crippen LogP contribution in [0, 0.1) is 11.7 Å². The second-order valence-corrected chi connectivity index (χ2v) is 5.01. The third-order valence-electron chi connectivity index (χ3n) is 2.34. The molecule has 0 aliphatic heterocycles. The molecule has 0 heterocycles. The summed E-state index contributed by atoms with van der Waals surface area (Å²) in [5.41, 5.74) is 0.761. The molecule has 1 aromatic rings. The highest BCUT2D eigenvalue weighted by Crippen LogP contribution is 2.28. The van der Waals surface area contributed by atoms with Gasteiger partial charge in [0.2, 0.25) is 0 Å². The Morgan fingerprint density at radius 1 is 1.33 bits per heavy atom. The van der Waals surface area contributed by atoms with Crippen molar-refractivity contribution in [3.8, 4) is 0 Å². The van der Waals surface area contributed by atoms with E-state index < -0.39 is 6.10 Å². The molecule has 0 aliphatic carbocycles. The van der Waals surface area contributed by atoms with Gasteiger partial charge < -0.3 is 5.11 Å². The number of aliphatic hydroxyl groups excluding tert-OH is 1. The number of hydrogen-bond acceptors (Lipinski definition) is 1. The minimum Gasteiger partial charge on any atom is -0.388 e. The van der Waals surface area contributed by atoms with Crippen LogP contribution in [-0.4, -0.2) is 5.11 Å². The first-order valence-corrected chi connectivity index (χ1v) is 5.93. The van der Waals surface area contributed by atoms with Crippen LogP contribution in [0.4, 0.5) is 4.39 Å². The van der Waals surface area contributed by atoms with Crippen molar-refractivity contribution in [2.24, 2.45) is 5.92 Å². The van der Waals surface area contributed by atoms with Gasteiger partial charge in [-0.15, -0.1) is 0 Å². The molecule has 1 aromatic carbocycles. The van der Waals surface area contributed by atoms with Crippen molar-refractivity contribution < 1.29 is 9.50 Å². The highest BCUT2D eigenvalue weighted by atomic mass is 79.9. The van der Waals surface area contributed by atoms with Gasteiger partial charge >= 0.3 is 0 Å². The van der Waals surface area contributed by atoms with Crippen LogP contribution in [0.2, 0.25) is 0 Å². The quantitative estimate of drug-likeness (QED) is 0.878. The van der Waals surface area contributed by atoms with Gasteiger partial charge in [-0.2, -0.15) is 0 Å². The van der Waals surface area contributed by atoms with Crippen LogP contribution < -0.4 is 0 Å². The zero-order valence-corrected chi connectivity index (χ0v) is 10.6. The molecule has 15 heavy (non-hydrogen) atoms. The number of halogens is 2. The van der Waals surface area contributed by atoms with E-state index >= 15 is 0 Å². The van der Waals surface area contributed by atoms with Gasteiger partial charge in [-0.3, -0.25) is 0 Å². The van der Waals surface area contributed by atoms with Crippen LogP contribution in [-0.2, 0) is 0 Å². The molecule has 0 radical (unpaired) electrons. The van der Waals surface area contributed by atoms with Crippen molar-refractivity contribution >= 4 is 15.9 Å². The fraction of sp³-hybridized carbons (Fsp3) is 0.500. The Morgan fingerprint density at radius 2 is 2.00 bits per heavy atom. The van der Waals surface area contributed by atoms with Crippen LogP contribution in [0.15, 0.2) is 22.7 Å². The van der Waals surface area contributed by atoms with E-state index in [4.69, 9.17) is 0 Å². The molecule has 3 heteroatoms. The maximum absolute atomic E-state index is 12.8. The van der Waals surface area contributed by atoms with Crippen molar-refractivity contribution in [3.05, 3.63) is 34.1 Å². The Labute approximate surface area is 98.4 Å². The predicted octanol–water partition coefficient (Wildman–Crippen LogP) is 4.06. The molecular weight excluding hydrogens is 259 g/mol. The molecule has 1 unspecified atom stereocenters. The Kier molecular flexibility index (Phi) is 4.74. The fourth-order valence-electron chi connectivity index (χ4n) is 1.42. The van der Waals surface area contributed by atoms with Gasteiger partial charge in [0.05, 0.1) is 6.10 Å². The molecule has 84 valence electrons. The second kappa shape index (κ2) is 5.61. The van der Waals surface area contributed by atoms with Gasteiger partial charge in [0.15, 0.2) is 0 Å². The molecule has 0 spiro atoms. The van der Waals surface area contributed by atoms with Gasteiger partial charge in [-0.1, -0.05) is 35.8 Å². The van der Waals surface area contributed by atoms with E-state index in [2.05, 4.69) is 29.8 Å². The smallest absolute Gasteiger partial charge is 0.124 e. The summed E-state index contributed by atoms with van der Waals surface area (Å²) in [6.07, 6.45) is 1.16. The Morgan fingerprint density at radius 3 is 2.53 bits per heavy atom. The van der Waals surface area contributed by atoms with Crippen molar-refractivity contribution in [2.45, 2.75) is 32.8 Å². The van der Waals surface area contributed by atoms with Gasteiger partial charge in [-0.25, -0.2) is 4.39 Å². The molecule has 0 bridgehead atoms. The summed E-state index contributed by atoms with van der Waals surface area (Å²) < 4.78 is 13.5. The number of hydrogen-bond donors (Lipinski definition) is 1. The molecule has 1 N–H and O–H groups in total. The lowest BCUT2D eigenvalue weighted by molar-refractivity contribution is 0.158. The molecule has 0 fully saturated rings. The average Bonchev–Trinajstić information content (AvgIpc) is 2.14. The van der Waals surface area contributed by atoms with Gasteiger partial charge in [0.1, 0.15) is 5.82 Å². The highest BCUT2D eigenvalue weighted by Gasteiger charge is 2.12. The maximum atomic E-state index is 12.8. The van der Waals surface area contributed by atoms with E-state index in [1.54, 1.807) is 6.07 Å². The number of rotatable bonds is 4. The number of aliphatic hydroxyl groups is 1. The minimum absolute atomic E-state index is 0.290. The molecule has 1 rings (SSSR count). The SMILES string of the molecule is CC(C)CCC(O)c1ccc(F)cc1Br. The largest absolute Gasteiger partial charge is 0.388 e. The predicted molar refractivity (Wildman–Crippen MR) is 63.1 cm³/mol. The van der Waals surface area contributed by atoms with Crippen LogP contribution in [0.5, 0.6) is 0 Å². The third kappa shape index (κ3) is 3.92. The molecule has 0 aromatic heterocycles. The first kappa shape index (κ1) is 12.7. The Hall–Kier alpha value is -0.410. The highest BCUT2D eigenvalue weighted by molar-refractivity contribution is 9.10. The van der Waals surface area contributed by atoms with E-state index in [0.29, 0.717) is 16.8 Å². The lowest BCUT2D eigenvalue weighted by atomic mass is 10.00. The van der Waals surface area contributed by atoms with E-state index in [1.165, 1.54) is 12.1 Å². The van der Waals surface area contributed by atoms with E-state index in [0.717, 1.165) is 12.0 Å². The molecular formula is C12H16BrFO. The summed E-state index contributed by atoms with van der Waals surface area (Å²) >= 11 is 3.25. The molecule has 0 saturated heterocycles. The fourth-order valence-corrected chi connectivity index (χ4v) is 2.03. The van der Waals surface area contributed by atoms with Crippen LogP contribution >= 0.6 is 15.9 Å². The molecule has 0 amide bonds. The lowest BCUT2D eigenvalue weighted by Gasteiger charge is -2.14. The summed E-state index contributed by atoms with van der Waals surface area (Å²) in [5.74, 6) is 0.278. The molecule has 0 aliphatic rings. The summed E-state index contributed by atoms with van der Waals surface area (Å²) in [7, 11) is 0. The zero-order valence-electron chi connectivity index (χ0n) is 9.00. The first-order chi connectivity index (χ1) is 7.00. The summed E-state index contributed by atoms with van der Waals surface area (Å²) in [5, 5.41) is 9.89.